The highest BCUT2D eigenvalue weighted by atomic mass is 19.1. The minimum absolute atomic E-state index is 0.227. The van der Waals surface area contributed by atoms with E-state index >= 15 is 0 Å². The summed E-state index contributed by atoms with van der Waals surface area (Å²) in [5, 5.41) is 3.28. The minimum atomic E-state index is -0.227. The van der Waals surface area contributed by atoms with Crippen LogP contribution >= 0.6 is 0 Å². The van der Waals surface area contributed by atoms with Crippen molar-refractivity contribution in [2.45, 2.75) is 13.0 Å². The fourth-order valence-electron chi connectivity index (χ4n) is 2.45. The molecule has 0 atom stereocenters. The van der Waals surface area contributed by atoms with Gasteiger partial charge in [-0.1, -0.05) is 42.5 Å². The molecule has 3 aromatic carbocycles. The van der Waals surface area contributed by atoms with E-state index in [1.807, 2.05) is 42.5 Å². The number of rotatable bonds is 7. The van der Waals surface area contributed by atoms with E-state index < -0.39 is 0 Å². The Morgan fingerprint density at radius 1 is 0.792 bits per heavy atom. The molecule has 0 aliphatic rings. The van der Waals surface area contributed by atoms with Crippen LogP contribution in [0.25, 0.3) is 0 Å². The fourth-order valence-corrected chi connectivity index (χ4v) is 2.45. The van der Waals surface area contributed by atoms with E-state index in [1.54, 1.807) is 12.1 Å². The van der Waals surface area contributed by atoms with Crippen LogP contribution in [-0.2, 0) is 13.0 Å². The number of nitrogens with one attached hydrogen (secondary N) is 1. The van der Waals surface area contributed by atoms with Crippen LogP contribution in [0.2, 0.25) is 0 Å². The lowest BCUT2D eigenvalue weighted by Crippen LogP contribution is -2.03. The number of anilines is 1. The van der Waals surface area contributed by atoms with E-state index in [0.29, 0.717) is 13.2 Å². The van der Waals surface area contributed by atoms with Gasteiger partial charge in [-0.15, -0.1) is 0 Å². The lowest BCUT2D eigenvalue weighted by Gasteiger charge is -2.10. The summed E-state index contributed by atoms with van der Waals surface area (Å²) in [7, 11) is 0. The zero-order valence-electron chi connectivity index (χ0n) is 13.4. The molecule has 0 radical (unpaired) electrons. The summed E-state index contributed by atoms with van der Waals surface area (Å²) < 4.78 is 18.7. The van der Waals surface area contributed by atoms with Crippen molar-refractivity contribution in [3.8, 4) is 5.75 Å². The average molecular weight is 321 g/mol. The summed E-state index contributed by atoms with van der Waals surface area (Å²) in [5.41, 5.74) is 3.29. The van der Waals surface area contributed by atoms with Gasteiger partial charge in [0.1, 0.15) is 11.6 Å². The van der Waals surface area contributed by atoms with Gasteiger partial charge >= 0.3 is 0 Å². The van der Waals surface area contributed by atoms with Crippen LogP contribution < -0.4 is 10.1 Å². The molecule has 0 bridgehead atoms. The maximum Gasteiger partial charge on any atom is 0.123 e. The molecular weight excluding hydrogens is 301 g/mol. The highest BCUT2D eigenvalue weighted by Gasteiger charge is 1.99. The van der Waals surface area contributed by atoms with Crippen molar-refractivity contribution in [1.29, 1.82) is 0 Å². The van der Waals surface area contributed by atoms with Crippen molar-refractivity contribution in [2.75, 3.05) is 11.9 Å². The maximum atomic E-state index is 12.9. The van der Waals surface area contributed by atoms with Gasteiger partial charge in [-0.3, -0.25) is 0 Å². The zero-order chi connectivity index (χ0) is 16.6. The Kier molecular flexibility index (Phi) is 5.46. The SMILES string of the molecule is Fc1ccc(NCc2cccc(OCCc3ccccc3)c2)cc1. The molecule has 0 amide bonds. The third-order valence-corrected chi connectivity index (χ3v) is 3.74. The summed E-state index contributed by atoms with van der Waals surface area (Å²) >= 11 is 0. The Morgan fingerprint density at radius 2 is 1.54 bits per heavy atom. The highest BCUT2D eigenvalue weighted by molar-refractivity contribution is 5.44. The Bertz CT molecular complexity index is 756. The third-order valence-electron chi connectivity index (χ3n) is 3.74. The molecule has 0 unspecified atom stereocenters. The Balaban J connectivity index is 1.51. The Morgan fingerprint density at radius 3 is 2.33 bits per heavy atom. The molecule has 0 aromatic heterocycles. The van der Waals surface area contributed by atoms with Crippen molar-refractivity contribution in [3.63, 3.8) is 0 Å². The van der Waals surface area contributed by atoms with Crippen molar-refractivity contribution in [1.82, 2.24) is 0 Å². The predicted molar refractivity (Wildman–Crippen MR) is 95.8 cm³/mol. The standard InChI is InChI=1S/C21H20FNO/c22-19-9-11-20(12-10-19)23-16-18-7-4-8-21(15-18)24-14-13-17-5-2-1-3-6-17/h1-12,15,23H,13-14,16H2. The molecule has 3 aromatic rings. The summed E-state index contributed by atoms with van der Waals surface area (Å²) in [5.74, 6) is 0.638. The fraction of sp³-hybridized carbons (Fsp3) is 0.143. The first-order chi connectivity index (χ1) is 11.8. The van der Waals surface area contributed by atoms with Crippen molar-refractivity contribution >= 4 is 5.69 Å². The summed E-state index contributed by atoms with van der Waals surface area (Å²) in [6.45, 7) is 1.32. The van der Waals surface area contributed by atoms with E-state index in [2.05, 4.69) is 17.4 Å². The van der Waals surface area contributed by atoms with Crippen LogP contribution in [0.5, 0.6) is 5.75 Å². The van der Waals surface area contributed by atoms with Gasteiger partial charge in [0.2, 0.25) is 0 Å². The zero-order valence-corrected chi connectivity index (χ0v) is 13.4. The van der Waals surface area contributed by atoms with E-state index in [-0.39, 0.29) is 5.82 Å². The summed E-state index contributed by atoms with van der Waals surface area (Å²) in [6, 6.07) is 24.7. The normalized spacial score (nSPS) is 10.4. The molecule has 0 saturated heterocycles. The van der Waals surface area contributed by atoms with Crippen molar-refractivity contribution in [2.24, 2.45) is 0 Å². The predicted octanol–water partition coefficient (Wildman–Crippen LogP) is 5.06. The molecule has 0 spiro atoms. The van der Waals surface area contributed by atoms with Gasteiger partial charge in [-0.2, -0.15) is 0 Å². The number of benzene rings is 3. The summed E-state index contributed by atoms with van der Waals surface area (Å²) in [4.78, 5) is 0. The second-order valence-electron chi connectivity index (χ2n) is 5.59. The van der Waals surface area contributed by atoms with Gasteiger partial charge in [0.15, 0.2) is 0 Å². The number of halogens is 1. The van der Waals surface area contributed by atoms with Gasteiger partial charge in [0.05, 0.1) is 6.61 Å². The van der Waals surface area contributed by atoms with Crippen molar-refractivity contribution in [3.05, 3.63) is 95.8 Å². The van der Waals surface area contributed by atoms with E-state index in [1.165, 1.54) is 17.7 Å². The van der Waals surface area contributed by atoms with Crippen LogP contribution in [0.4, 0.5) is 10.1 Å². The molecule has 0 saturated carbocycles. The molecule has 0 fully saturated rings. The largest absolute Gasteiger partial charge is 0.493 e. The van der Waals surface area contributed by atoms with Gasteiger partial charge in [-0.25, -0.2) is 4.39 Å². The highest BCUT2D eigenvalue weighted by Crippen LogP contribution is 2.16. The van der Waals surface area contributed by atoms with Gasteiger partial charge in [0.25, 0.3) is 0 Å². The lowest BCUT2D eigenvalue weighted by atomic mass is 10.2. The van der Waals surface area contributed by atoms with Crippen LogP contribution in [0.3, 0.4) is 0 Å². The maximum absolute atomic E-state index is 12.9. The topological polar surface area (TPSA) is 21.3 Å². The number of hydrogen-bond donors (Lipinski definition) is 1. The molecule has 2 nitrogen and oxygen atoms in total. The lowest BCUT2D eigenvalue weighted by molar-refractivity contribution is 0.321. The minimum Gasteiger partial charge on any atom is -0.493 e. The molecule has 3 heteroatoms. The molecule has 122 valence electrons. The van der Waals surface area contributed by atoms with Crippen molar-refractivity contribution < 1.29 is 9.13 Å². The van der Waals surface area contributed by atoms with Gasteiger partial charge in [0, 0.05) is 18.7 Å². The first kappa shape index (κ1) is 16.1. The van der Waals surface area contributed by atoms with Gasteiger partial charge < -0.3 is 10.1 Å². The second kappa shape index (κ2) is 8.16. The summed E-state index contributed by atoms with van der Waals surface area (Å²) in [6.07, 6.45) is 0.888. The monoisotopic (exact) mass is 321 g/mol. The molecule has 1 N–H and O–H groups in total. The van der Waals surface area contributed by atoms with E-state index in [9.17, 15) is 4.39 Å². The molecule has 0 aliphatic heterocycles. The number of hydrogen-bond acceptors (Lipinski definition) is 2. The average Bonchev–Trinajstić information content (AvgIpc) is 2.63. The number of ether oxygens (including phenoxy) is 1. The van der Waals surface area contributed by atoms with Gasteiger partial charge in [-0.05, 0) is 47.5 Å². The third kappa shape index (κ3) is 4.85. The smallest absolute Gasteiger partial charge is 0.123 e. The Hall–Kier alpha value is -2.81. The van der Waals surface area contributed by atoms with Crippen LogP contribution in [0, 0.1) is 5.82 Å². The molecule has 0 heterocycles. The van der Waals surface area contributed by atoms with Crippen LogP contribution in [0.15, 0.2) is 78.9 Å². The molecule has 24 heavy (non-hydrogen) atoms. The molecule has 3 rings (SSSR count). The quantitative estimate of drug-likeness (QED) is 0.657. The molecular formula is C21H20FNO. The second-order valence-corrected chi connectivity index (χ2v) is 5.59. The van der Waals surface area contributed by atoms with E-state index in [4.69, 9.17) is 4.74 Å². The first-order valence-electron chi connectivity index (χ1n) is 8.05. The van der Waals surface area contributed by atoms with Crippen LogP contribution in [-0.4, -0.2) is 6.61 Å². The molecule has 0 aliphatic carbocycles. The van der Waals surface area contributed by atoms with Crippen LogP contribution in [0.1, 0.15) is 11.1 Å². The Labute approximate surface area is 141 Å². The first-order valence-corrected chi connectivity index (χ1v) is 8.05. The van der Waals surface area contributed by atoms with E-state index in [0.717, 1.165) is 23.4 Å².